The van der Waals surface area contributed by atoms with E-state index in [4.69, 9.17) is 4.42 Å². The predicted octanol–water partition coefficient (Wildman–Crippen LogP) is 1.80. The monoisotopic (exact) mass is 261 g/mol. The quantitative estimate of drug-likeness (QED) is 0.840. The van der Waals surface area contributed by atoms with Gasteiger partial charge in [-0.3, -0.25) is 9.58 Å². The molecule has 2 aromatic heterocycles. The van der Waals surface area contributed by atoms with Crippen LogP contribution in [0.25, 0.3) is 0 Å². The molecule has 3 heterocycles. The Bertz CT molecular complexity index is 521. The van der Waals surface area contributed by atoms with E-state index in [1.165, 1.54) is 12.8 Å². The van der Waals surface area contributed by atoms with Crippen LogP contribution >= 0.6 is 0 Å². The van der Waals surface area contributed by atoms with Crippen molar-refractivity contribution in [3.05, 3.63) is 30.2 Å². The number of aromatic nitrogens is 4. The van der Waals surface area contributed by atoms with Crippen molar-refractivity contribution in [2.75, 3.05) is 6.54 Å². The lowest BCUT2D eigenvalue weighted by molar-refractivity contribution is 0.150. The zero-order chi connectivity index (χ0) is 13.2. The molecule has 0 bridgehead atoms. The molecule has 3 rings (SSSR count). The molecule has 0 amide bonds. The van der Waals surface area contributed by atoms with Crippen LogP contribution in [0.4, 0.5) is 0 Å². The summed E-state index contributed by atoms with van der Waals surface area (Å²) in [5, 5.41) is 12.3. The van der Waals surface area contributed by atoms with Gasteiger partial charge in [-0.2, -0.15) is 5.10 Å². The van der Waals surface area contributed by atoms with Crippen molar-refractivity contribution < 1.29 is 4.42 Å². The first kappa shape index (κ1) is 12.3. The summed E-state index contributed by atoms with van der Waals surface area (Å²) in [4.78, 5) is 2.44. The van der Waals surface area contributed by atoms with Crippen LogP contribution in [0.15, 0.2) is 22.9 Å². The Kier molecular flexibility index (Phi) is 3.33. The minimum atomic E-state index is 0.171. The van der Waals surface area contributed by atoms with E-state index < -0.39 is 0 Å². The molecule has 0 unspecified atom stereocenters. The summed E-state index contributed by atoms with van der Waals surface area (Å²) >= 11 is 0. The number of rotatable bonds is 4. The fourth-order valence-electron chi connectivity index (χ4n) is 2.81. The van der Waals surface area contributed by atoms with Gasteiger partial charge in [0.25, 0.3) is 0 Å². The molecule has 0 saturated carbocycles. The van der Waals surface area contributed by atoms with Crippen LogP contribution in [-0.4, -0.2) is 37.5 Å². The van der Waals surface area contributed by atoms with Gasteiger partial charge in [-0.25, -0.2) is 0 Å². The average molecular weight is 261 g/mol. The fraction of sp³-hybridized carbons (Fsp3) is 0.615. The number of nitrogens with zero attached hydrogens (tertiary/aromatic N) is 5. The lowest BCUT2D eigenvalue weighted by Gasteiger charge is -2.28. The molecule has 1 saturated heterocycles. The first-order chi connectivity index (χ1) is 9.24. The molecule has 0 radical (unpaired) electrons. The van der Waals surface area contributed by atoms with Crippen LogP contribution in [0.2, 0.25) is 0 Å². The maximum Gasteiger partial charge on any atom is 0.233 e. The molecule has 19 heavy (non-hydrogen) atoms. The van der Waals surface area contributed by atoms with Gasteiger partial charge in [0.1, 0.15) is 0 Å². The molecule has 1 aliphatic heterocycles. The Balaban J connectivity index is 1.72. The van der Waals surface area contributed by atoms with Gasteiger partial charge in [-0.05, 0) is 32.4 Å². The van der Waals surface area contributed by atoms with Crippen LogP contribution in [0.3, 0.4) is 0 Å². The summed E-state index contributed by atoms with van der Waals surface area (Å²) in [6.07, 6.45) is 6.24. The second-order valence-electron chi connectivity index (χ2n) is 5.10. The molecule has 0 N–H and O–H groups in total. The summed E-state index contributed by atoms with van der Waals surface area (Å²) in [5.74, 6) is 1.34. The van der Waals surface area contributed by atoms with Crippen molar-refractivity contribution in [3.63, 3.8) is 0 Å². The average Bonchev–Trinajstić information content (AvgIpc) is 3.10. The van der Waals surface area contributed by atoms with Gasteiger partial charge >= 0.3 is 0 Å². The van der Waals surface area contributed by atoms with Gasteiger partial charge in [-0.15, -0.1) is 10.2 Å². The zero-order valence-electron chi connectivity index (χ0n) is 11.4. The van der Waals surface area contributed by atoms with Crippen molar-refractivity contribution in [2.24, 2.45) is 0 Å². The Morgan fingerprint density at radius 3 is 3.05 bits per heavy atom. The molecule has 102 valence electrons. The molecule has 1 aliphatic rings. The van der Waals surface area contributed by atoms with E-state index in [9.17, 15) is 0 Å². The molecule has 2 aromatic rings. The first-order valence-electron chi connectivity index (χ1n) is 6.77. The standard InChI is InChI=1S/C13H19N5O/c1-10(13-16-15-11(2)19-13)18-8-3-5-12(18)9-17-7-4-6-14-17/h4,6-7,10,12H,3,5,8-9H2,1-2H3/t10-,12+/m1/s1. The zero-order valence-corrected chi connectivity index (χ0v) is 11.4. The Morgan fingerprint density at radius 1 is 1.47 bits per heavy atom. The SMILES string of the molecule is Cc1nnc([C@@H](C)N2CCC[C@H]2Cn2cccn2)o1. The molecular formula is C13H19N5O. The number of hydrogen-bond donors (Lipinski definition) is 0. The number of likely N-dealkylation sites (tertiary alicyclic amines) is 1. The Labute approximate surface area is 112 Å². The van der Waals surface area contributed by atoms with Crippen LogP contribution in [0.1, 0.15) is 37.6 Å². The first-order valence-corrected chi connectivity index (χ1v) is 6.77. The van der Waals surface area contributed by atoms with Crippen LogP contribution in [0, 0.1) is 6.92 Å². The van der Waals surface area contributed by atoms with Crippen LogP contribution in [-0.2, 0) is 6.54 Å². The smallest absolute Gasteiger partial charge is 0.233 e. The van der Waals surface area contributed by atoms with Gasteiger partial charge in [-0.1, -0.05) is 0 Å². The minimum Gasteiger partial charge on any atom is -0.424 e. The Hall–Kier alpha value is -1.69. The number of aryl methyl sites for hydroxylation is 1. The second kappa shape index (κ2) is 5.13. The third-order valence-corrected chi connectivity index (χ3v) is 3.78. The van der Waals surface area contributed by atoms with E-state index in [0.29, 0.717) is 17.8 Å². The van der Waals surface area contributed by atoms with Crippen molar-refractivity contribution in [1.29, 1.82) is 0 Å². The van der Waals surface area contributed by atoms with Crippen LogP contribution < -0.4 is 0 Å². The van der Waals surface area contributed by atoms with E-state index in [-0.39, 0.29) is 6.04 Å². The van der Waals surface area contributed by atoms with Crippen molar-refractivity contribution in [3.8, 4) is 0 Å². The van der Waals surface area contributed by atoms with Gasteiger partial charge in [0.05, 0.1) is 12.6 Å². The summed E-state index contributed by atoms with van der Waals surface area (Å²) in [6.45, 7) is 5.96. The normalized spacial score (nSPS) is 21.9. The maximum atomic E-state index is 5.55. The molecule has 6 heteroatoms. The highest BCUT2D eigenvalue weighted by atomic mass is 16.4. The summed E-state index contributed by atoms with van der Waals surface area (Å²) in [5.41, 5.74) is 0. The van der Waals surface area contributed by atoms with E-state index in [1.807, 2.05) is 30.1 Å². The molecular weight excluding hydrogens is 242 g/mol. The highest BCUT2D eigenvalue weighted by Crippen LogP contribution is 2.29. The lowest BCUT2D eigenvalue weighted by Crippen LogP contribution is -2.35. The maximum absolute atomic E-state index is 5.55. The third-order valence-electron chi connectivity index (χ3n) is 3.78. The molecule has 2 atom stereocenters. The van der Waals surface area contributed by atoms with Gasteiger partial charge in [0.15, 0.2) is 0 Å². The lowest BCUT2D eigenvalue weighted by atomic mass is 10.2. The van der Waals surface area contributed by atoms with Crippen molar-refractivity contribution in [1.82, 2.24) is 24.9 Å². The minimum absolute atomic E-state index is 0.171. The van der Waals surface area contributed by atoms with Gasteiger partial charge in [0.2, 0.25) is 11.8 Å². The van der Waals surface area contributed by atoms with E-state index >= 15 is 0 Å². The predicted molar refractivity (Wildman–Crippen MR) is 69.4 cm³/mol. The van der Waals surface area contributed by atoms with Gasteiger partial charge in [0, 0.05) is 25.4 Å². The van der Waals surface area contributed by atoms with E-state index in [2.05, 4.69) is 27.1 Å². The van der Waals surface area contributed by atoms with E-state index in [0.717, 1.165) is 13.1 Å². The Morgan fingerprint density at radius 2 is 2.37 bits per heavy atom. The molecule has 0 aromatic carbocycles. The molecule has 0 aliphatic carbocycles. The molecule has 1 fully saturated rings. The summed E-state index contributed by atoms with van der Waals surface area (Å²) < 4.78 is 7.55. The highest BCUT2D eigenvalue weighted by molar-refractivity contribution is 4.93. The molecule has 0 spiro atoms. The van der Waals surface area contributed by atoms with Crippen LogP contribution in [0.5, 0.6) is 0 Å². The van der Waals surface area contributed by atoms with E-state index in [1.54, 1.807) is 0 Å². The van der Waals surface area contributed by atoms with Crippen molar-refractivity contribution >= 4 is 0 Å². The fourth-order valence-corrected chi connectivity index (χ4v) is 2.81. The number of hydrogen-bond acceptors (Lipinski definition) is 5. The largest absolute Gasteiger partial charge is 0.424 e. The highest BCUT2D eigenvalue weighted by Gasteiger charge is 2.31. The summed E-state index contributed by atoms with van der Waals surface area (Å²) in [7, 11) is 0. The topological polar surface area (TPSA) is 60.0 Å². The van der Waals surface area contributed by atoms with Crippen molar-refractivity contribution in [2.45, 2.75) is 45.3 Å². The summed E-state index contributed by atoms with van der Waals surface area (Å²) in [6, 6.07) is 2.62. The van der Waals surface area contributed by atoms with Gasteiger partial charge < -0.3 is 4.42 Å². The third kappa shape index (κ3) is 2.53. The molecule has 6 nitrogen and oxygen atoms in total. The second-order valence-corrected chi connectivity index (χ2v) is 5.10.